The monoisotopic (exact) mass is 296 g/mol. The van der Waals surface area contributed by atoms with Crippen molar-refractivity contribution in [2.24, 2.45) is 5.92 Å². The summed E-state index contributed by atoms with van der Waals surface area (Å²) in [6, 6.07) is 6.64. The number of nitrogens with one attached hydrogen (secondary N) is 1. The summed E-state index contributed by atoms with van der Waals surface area (Å²) in [5.41, 5.74) is 2.72. The molecule has 3 heteroatoms. The molecule has 1 saturated heterocycles. The van der Waals surface area contributed by atoms with Gasteiger partial charge in [-0.2, -0.15) is 0 Å². The average molecular weight is 297 g/mol. The SMILES string of the molecule is CNCC1CCN(Cc2ccc(C)cc2Br)C1. The van der Waals surface area contributed by atoms with Gasteiger partial charge in [-0.3, -0.25) is 4.90 Å². The smallest absolute Gasteiger partial charge is 0.0245 e. The maximum absolute atomic E-state index is 3.66. The second-order valence-corrected chi connectivity index (χ2v) is 5.90. The lowest BCUT2D eigenvalue weighted by atomic mass is 10.1. The molecule has 0 saturated carbocycles. The Hall–Kier alpha value is -0.380. The largest absolute Gasteiger partial charge is 0.319 e. The summed E-state index contributed by atoms with van der Waals surface area (Å²) in [6.45, 7) is 6.80. The van der Waals surface area contributed by atoms with E-state index in [1.165, 1.54) is 35.1 Å². The van der Waals surface area contributed by atoms with E-state index < -0.39 is 0 Å². The van der Waals surface area contributed by atoms with Gasteiger partial charge >= 0.3 is 0 Å². The highest BCUT2D eigenvalue weighted by Gasteiger charge is 2.22. The standard InChI is InChI=1S/C14H21BrN2/c1-11-3-4-13(14(15)7-11)10-17-6-5-12(9-17)8-16-2/h3-4,7,12,16H,5-6,8-10H2,1-2H3. The zero-order chi connectivity index (χ0) is 12.3. The molecule has 17 heavy (non-hydrogen) atoms. The molecular weight excluding hydrogens is 276 g/mol. The number of nitrogens with zero attached hydrogens (tertiary/aromatic N) is 1. The fourth-order valence-electron chi connectivity index (χ4n) is 2.53. The maximum atomic E-state index is 3.66. The van der Waals surface area contributed by atoms with Crippen molar-refractivity contribution in [3.8, 4) is 0 Å². The van der Waals surface area contributed by atoms with E-state index in [2.05, 4.69) is 51.3 Å². The van der Waals surface area contributed by atoms with Crippen LogP contribution >= 0.6 is 15.9 Å². The molecule has 1 aliphatic rings. The molecule has 1 atom stereocenters. The predicted molar refractivity (Wildman–Crippen MR) is 76.2 cm³/mol. The third-order valence-electron chi connectivity index (χ3n) is 3.47. The van der Waals surface area contributed by atoms with Crippen molar-refractivity contribution in [1.82, 2.24) is 10.2 Å². The molecule has 1 aliphatic heterocycles. The summed E-state index contributed by atoms with van der Waals surface area (Å²) in [7, 11) is 2.04. The molecule has 2 nitrogen and oxygen atoms in total. The van der Waals surface area contributed by atoms with Crippen LogP contribution < -0.4 is 5.32 Å². The molecule has 1 heterocycles. The Morgan fingerprint density at radius 2 is 2.29 bits per heavy atom. The van der Waals surface area contributed by atoms with E-state index >= 15 is 0 Å². The number of aryl methyl sites for hydroxylation is 1. The number of hydrogen-bond acceptors (Lipinski definition) is 2. The summed E-state index contributed by atoms with van der Waals surface area (Å²) in [6.07, 6.45) is 1.32. The van der Waals surface area contributed by atoms with E-state index in [9.17, 15) is 0 Å². The maximum Gasteiger partial charge on any atom is 0.0245 e. The lowest BCUT2D eigenvalue weighted by molar-refractivity contribution is 0.315. The predicted octanol–water partition coefficient (Wildman–Crippen LogP) is 2.80. The molecular formula is C14H21BrN2. The summed E-state index contributed by atoms with van der Waals surface area (Å²) >= 11 is 3.66. The molecule has 1 aromatic carbocycles. The molecule has 2 rings (SSSR count). The Balaban J connectivity index is 1.93. The van der Waals surface area contributed by atoms with Crippen molar-refractivity contribution in [3.05, 3.63) is 33.8 Å². The first-order valence-corrected chi connectivity index (χ1v) is 7.10. The van der Waals surface area contributed by atoms with Crippen molar-refractivity contribution in [3.63, 3.8) is 0 Å². The molecule has 0 aliphatic carbocycles. The van der Waals surface area contributed by atoms with Crippen LogP contribution in [0, 0.1) is 12.8 Å². The Bertz CT molecular complexity index is 378. The van der Waals surface area contributed by atoms with E-state index in [0.717, 1.165) is 19.0 Å². The lowest BCUT2D eigenvalue weighted by Crippen LogP contribution is -2.24. The first kappa shape index (κ1) is 13.1. The summed E-state index contributed by atoms with van der Waals surface area (Å²) in [4.78, 5) is 2.55. The number of hydrogen-bond donors (Lipinski definition) is 1. The zero-order valence-electron chi connectivity index (χ0n) is 10.7. The summed E-state index contributed by atoms with van der Waals surface area (Å²) in [5.74, 6) is 0.823. The van der Waals surface area contributed by atoms with Gasteiger partial charge in [0.05, 0.1) is 0 Å². The van der Waals surface area contributed by atoms with Gasteiger partial charge in [-0.25, -0.2) is 0 Å². The molecule has 0 amide bonds. The topological polar surface area (TPSA) is 15.3 Å². The van der Waals surface area contributed by atoms with E-state index in [1.54, 1.807) is 0 Å². The van der Waals surface area contributed by atoms with E-state index in [0.29, 0.717) is 0 Å². The zero-order valence-corrected chi connectivity index (χ0v) is 12.3. The van der Waals surface area contributed by atoms with Crippen LogP contribution in [-0.2, 0) is 6.54 Å². The minimum atomic E-state index is 0.823. The van der Waals surface area contributed by atoms with Gasteiger partial charge in [0, 0.05) is 17.6 Å². The van der Waals surface area contributed by atoms with Crippen LogP contribution in [0.4, 0.5) is 0 Å². The lowest BCUT2D eigenvalue weighted by Gasteiger charge is -2.17. The summed E-state index contributed by atoms with van der Waals surface area (Å²) in [5, 5.41) is 3.28. The second-order valence-electron chi connectivity index (χ2n) is 5.04. The van der Waals surface area contributed by atoms with E-state index in [4.69, 9.17) is 0 Å². The third-order valence-corrected chi connectivity index (χ3v) is 4.20. The highest BCUT2D eigenvalue weighted by atomic mass is 79.9. The van der Waals surface area contributed by atoms with Crippen LogP contribution in [0.25, 0.3) is 0 Å². The van der Waals surface area contributed by atoms with Crippen molar-refractivity contribution in [2.75, 3.05) is 26.7 Å². The average Bonchev–Trinajstić information content (AvgIpc) is 2.71. The van der Waals surface area contributed by atoms with E-state index in [-0.39, 0.29) is 0 Å². The van der Waals surface area contributed by atoms with Gasteiger partial charge in [0.1, 0.15) is 0 Å². The van der Waals surface area contributed by atoms with Gasteiger partial charge in [0.2, 0.25) is 0 Å². The van der Waals surface area contributed by atoms with Crippen LogP contribution in [0.1, 0.15) is 17.5 Å². The quantitative estimate of drug-likeness (QED) is 0.919. The summed E-state index contributed by atoms with van der Waals surface area (Å²) < 4.78 is 1.24. The molecule has 0 bridgehead atoms. The van der Waals surface area contributed by atoms with Gasteiger partial charge in [-0.05, 0) is 56.6 Å². The third kappa shape index (κ3) is 3.54. The fourth-order valence-corrected chi connectivity index (χ4v) is 3.15. The Morgan fingerprint density at radius 1 is 1.47 bits per heavy atom. The molecule has 1 fully saturated rings. The van der Waals surface area contributed by atoms with E-state index in [1.807, 2.05) is 7.05 Å². The normalized spacial score (nSPS) is 21.0. The van der Waals surface area contributed by atoms with Gasteiger partial charge in [-0.1, -0.05) is 28.1 Å². The molecule has 1 aromatic rings. The number of rotatable bonds is 4. The Morgan fingerprint density at radius 3 is 3.00 bits per heavy atom. The minimum Gasteiger partial charge on any atom is -0.319 e. The molecule has 0 aromatic heterocycles. The molecule has 1 N–H and O–H groups in total. The van der Waals surface area contributed by atoms with Crippen LogP contribution in [0.3, 0.4) is 0 Å². The van der Waals surface area contributed by atoms with Gasteiger partial charge in [-0.15, -0.1) is 0 Å². The molecule has 1 unspecified atom stereocenters. The van der Waals surface area contributed by atoms with Crippen LogP contribution in [-0.4, -0.2) is 31.6 Å². The van der Waals surface area contributed by atoms with Crippen LogP contribution in [0.5, 0.6) is 0 Å². The number of likely N-dealkylation sites (tertiary alicyclic amines) is 1. The number of halogens is 1. The number of benzene rings is 1. The van der Waals surface area contributed by atoms with Crippen LogP contribution in [0.2, 0.25) is 0 Å². The first-order valence-electron chi connectivity index (χ1n) is 6.31. The van der Waals surface area contributed by atoms with Crippen molar-refractivity contribution in [2.45, 2.75) is 19.9 Å². The van der Waals surface area contributed by atoms with Gasteiger partial charge in [0.15, 0.2) is 0 Å². The van der Waals surface area contributed by atoms with Crippen molar-refractivity contribution >= 4 is 15.9 Å². The molecule has 94 valence electrons. The van der Waals surface area contributed by atoms with Gasteiger partial charge < -0.3 is 5.32 Å². The fraction of sp³-hybridized carbons (Fsp3) is 0.571. The highest BCUT2D eigenvalue weighted by molar-refractivity contribution is 9.10. The van der Waals surface area contributed by atoms with Crippen LogP contribution in [0.15, 0.2) is 22.7 Å². The van der Waals surface area contributed by atoms with Crippen molar-refractivity contribution < 1.29 is 0 Å². The minimum absolute atomic E-state index is 0.823. The Kier molecular flexibility index (Phi) is 4.60. The first-order chi connectivity index (χ1) is 8.19. The molecule has 0 spiro atoms. The highest BCUT2D eigenvalue weighted by Crippen LogP contribution is 2.23. The second kappa shape index (κ2) is 5.98. The van der Waals surface area contributed by atoms with Gasteiger partial charge in [0.25, 0.3) is 0 Å². The van der Waals surface area contributed by atoms with Crippen molar-refractivity contribution in [1.29, 1.82) is 0 Å². The molecule has 0 radical (unpaired) electrons. The Labute approximate surface area is 113 Å².